The minimum atomic E-state index is -0.547. The van der Waals surface area contributed by atoms with Crippen LogP contribution in [0, 0.1) is 17.7 Å². The molecule has 3 heterocycles. The number of hydrogen-bond donors (Lipinski definition) is 1. The maximum absolute atomic E-state index is 13.5. The van der Waals surface area contributed by atoms with Crippen molar-refractivity contribution in [3.8, 4) is 11.6 Å². The summed E-state index contributed by atoms with van der Waals surface area (Å²) in [5.74, 6) is 2.59. The zero-order chi connectivity index (χ0) is 25.5. The van der Waals surface area contributed by atoms with Gasteiger partial charge in [0.25, 0.3) is 0 Å². The first-order valence-corrected chi connectivity index (χ1v) is 14.2. The number of thioether (sulfide) groups is 1. The van der Waals surface area contributed by atoms with Crippen LogP contribution in [-0.4, -0.2) is 39.7 Å². The molecular weight excluding hydrogens is 534 g/mol. The summed E-state index contributed by atoms with van der Waals surface area (Å²) in [6.07, 6.45) is 5.17. The van der Waals surface area contributed by atoms with Gasteiger partial charge in [0.05, 0.1) is 22.0 Å². The molecule has 2 fully saturated rings. The van der Waals surface area contributed by atoms with Crippen molar-refractivity contribution in [3.05, 3.63) is 75.1 Å². The van der Waals surface area contributed by atoms with E-state index in [1.807, 2.05) is 11.1 Å². The molecule has 6 rings (SSSR count). The van der Waals surface area contributed by atoms with E-state index in [-0.39, 0.29) is 11.7 Å². The van der Waals surface area contributed by atoms with Crippen LogP contribution < -0.4 is 10.2 Å². The highest BCUT2D eigenvalue weighted by molar-refractivity contribution is 7.99. The predicted octanol–water partition coefficient (Wildman–Crippen LogP) is 6.84. The van der Waals surface area contributed by atoms with E-state index in [9.17, 15) is 9.18 Å². The average molecular weight is 559 g/mol. The van der Waals surface area contributed by atoms with Crippen LogP contribution in [0.5, 0.6) is 5.88 Å². The van der Waals surface area contributed by atoms with Crippen LogP contribution in [0.2, 0.25) is 10.0 Å². The number of carbonyl (C=O) groups excluding carboxylic acids is 1. The number of aromatic nitrogens is 2. The zero-order valence-electron chi connectivity index (χ0n) is 19.9. The van der Waals surface area contributed by atoms with Crippen molar-refractivity contribution in [2.24, 2.45) is 11.8 Å². The van der Waals surface area contributed by atoms with Crippen molar-refractivity contribution < 1.29 is 13.9 Å². The first kappa shape index (κ1) is 24.8. The highest BCUT2D eigenvalue weighted by Gasteiger charge is 2.37. The number of nitrogens with one attached hydrogen (secondary N) is 1. The SMILES string of the molecule is O=C(NN1CC2CCCC2C1)Oc1nn(-c2ccc(Cl)cc2Cl)c2c1CSC/C2=C\c1ccc(F)cc1. The molecule has 10 heteroatoms. The van der Waals surface area contributed by atoms with Crippen LogP contribution in [0.3, 0.4) is 0 Å². The Labute approximate surface area is 228 Å². The lowest BCUT2D eigenvalue weighted by molar-refractivity contribution is 0.153. The predicted molar refractivity (Wildman–Crippen MR) is 146 cm³/mol. The number of rotatable bonds is 4. The van der Waals surface area contributed by atoms with Crippen molar-refractivity contribution in [1.29, 1.82) is 0 Å². The van der Waals surface area contributed by atoms with Crippen LogP contribution >= 0.6 is 35.0 Å². The molecule has 0 spiro atoms. The van der Waals surface area contributed by atoms with E-state index in [0.717, 1.165) is 35.5 Å². The molecule has 1 saturated heterocycles. The second-order valence-corrected chi connectivity index (χ2v) is 11.5. The van der Waals surface area contributed by atoms with Crippen LogP contribution in [0.15, 0.2) is 42.5 Å². The van der Waals surface area contributed by atoms with Crippen LogP contribution in [0.25, 0.3) is 17.3 Å². The van der Waals surface area contributed by atoms with Gasteiger partial charge in [0, 0.05) is 29.6 Å². The summed E-state index contributed by atoms with van der Waals surface area (Å²) in [6, 6.07) is 11.5. The third kappa shape index (κ3) is 5.12. The molecule has 3 aliphatic rings. The van der Waals surface area contributed by atoms with Gasteiger partial charge in [-0.25, -0.2) is 18.9 Å². The lowest BCUT2D eigenvalue weighted by atomic mass is 10.0. The van der Waals surface area contributed by atoms with Crippen molar-refractivity contribution in [3.63, 3.8) is 0 Å². The van der Waals surface area contributed by atoms with Gasteiger partial charge in [-0.3, -0.25) is 5.43 Å². The van der Waals surface area contributed by atoms with E-state index in [1.165, 1.54) is 31.4 Å². The van der Waals surface area contributed by atoms with E-state index in [0.29, 0.717) is 39.1 Å². The molecule has 1 amide bonds. The highest BCUT2D eigenvalue weighted by atomic mass is 35.5. The minimum Gasteiger partial charge on any atom is -0.388 e. The number of nitrogens with zero attached hydrogens (tertiary/aromatic N) is 3. The summed E-state index contributed by atoms with van der Waals surface area (Å²) in [5.41, 5.74) is 6.99. The number of ether oxygens (including phenoxy) is 1. The van der Waals surface area contributed by atoms with Crippen molar-refractivity contribution in [2.75, 3.05) is 18.8 Å². The van der Waals surface area contributed by atoms with Gasteiger partial charge in [0.15, 0.2) is 0 Å². The average Bonchev–Trinajstić information content (AvgIpc) is 3.55. The van der Waals surface area contributed by atoms with Crippen LogP contribution in [-0.2, 0) is 5.75 Å². The molecule has 1 saturated carbocycles. The molecule has 6 nitrogen and oxygen atoms in total. The van der Waals surface area contributed by atoms with E-state index < -0.39 is 6.09 Å². The number of amides is 1. The monoisotopic (exact) mass is 558 g/mol. The molecule has 0 bridgehead atoms. The smallest absolute Gasteiger partial charge is 0.388 e. The molecule has 0 radical (unpaired) electrons. The number of hydrogen-bond acceptors (Lipinski definition) is 5. The molecule has 3 aromatic rings. The quantitative estimate of drug-likeness (QED) is 0.379. The largest absolute Gasteiger partial charge is 0.428 e. The molecule has 192 valence electrons. The number of carbonyl (C=O) groups is 1. The molecule has 1 aromatic heterocycles. The number of hydrazine groups is 1. The Morgan fingerprint density at radius 1 is 1.11 bits per heavy atom. The van der Waals surface area contributed by atoms with Gasteiger partial charge in [-0.2, -0.15) is 11.8 Å². The van der Waals surface area contributed by atoms with Gasteiger partial charge >= 0.3 is 6.09 Å². The Hall–Kier alpha value is -2.52. The summed E-state index contributed by atoms with van der Waals surface area (Å²) in [7, 11) is 0. The first-order valence-electron chi connectivity index (χ1n) is 12.3. The summed E-state index contributed by atoms with van der Waals surface area (Å²) in [6.45, 7) is 1.71. The Morgan fingerprint density at radius 3 is 2.59 bits per heavy atom. The Balaban J connectivity index is 1.34. The molecule has 1 aliphatic carbocycles. The zero-order valence-corrected chi connectivity index (χ0v) is 22.3. The second kappa shape index (κ2) is 10.3. The second-order valence-electron chi connectivity index (χ2n) is 9.71. The normalized spacial score (nSPS) is 22.2. The summed E-state index contributed by atoms with van der Waals surface area (Å²) < 4.78 is 21.0. The summed E-state index contributed by atoms with van der Waals surface area (Å²) >= 11 is 14.4. The molecule has 2 aromatic carbocycles. The summed E-state index contributed by atoms with van der Waals surface area (Å²) in [4.78, 5) is 12.9. The van der Waals surface area contributed by atoms with Crippen molar-refractivity contribution in [2.45, 2.75) is 25.0 Å². The first-order chi connectivity index (χ1) is 17.9. The number of halogens is 3. The number of fused-ring (bicyclic) bond motifs is 2. The lowest BCUT2D eigenvalue weighted by Crippen LogP contribution is -2.42. The Bertz CT molecular complexity index is 1370. The van der Waals surface area contributed by atoms with Crippen LogP contribution in [0.1, 0.15) is 36.1 Å². The van der Waals surface area contributed by atoms with E-state index in [1.54, 1.807) is 46.8 Å². The lowest BCUT2D eigenvalue weighted by Gasteiger charge is -2.19. The van der Waals surface area contributed by atoms with Gasteiger partial charge in [-0.1, -0.05) is 41.8 Å². The molecule has 37 heavy (non-hydrogen) atoms. The molecule has 2 atom stereocenters. The fourth-order valence-corrected chi connectivity index (χ4v) is 7.06. The fourth-order valence-electron chi connectivity index (χ4n) is 5.57. The van der Waals surface area contributed by atoms with Crippen molar-refractivity contribution in [1.82, 2.24) is 20.2 Å². The minimum absolute atomic E-state index is 0.245. The maximum atomic E-state index is 13.5. The van der Waals surface area contributed by atoms with Gasteiger partial charge in [-0.15, -0.1) is 5.10 Å². The molecular formula is C27H25Cl2FN4O2S. The van der Waals surface area contributed by atoms with E-state index >= 15 is 0 Å². The third-order valence-corrected chi connectivity index (χ3v) is 8.81. The fraction of sp³-hybridized carbons (Fsp3) is 0.333. The van der Waals surface area contributed by atoms with Crippen LogP contribution in [0.4, 0.5) is 9.18 Å². The maximum Gasteiger partial charge on any atom is 0.428 e. The molecule has 2 unspecified atom stereocenters. The van der Waals surface area contributed by atoms with E-state index in [4.69, 9.17) is 33.0 Å². The van der Waals surface area contributed by atoms with Gasteiger partial charge in [0.1, 0.15) is 5.82 Å². The third-order valence-electron chi connectivity index (χ3n) is 7.27. The number of benzene rings is 2. The van der Waals surface area contributed by atoms with Gasteiger partial charge in [-0.05, 0) is 72.2 Å². The van der Waals surface area contributed by atoms with Gasteiger partial charge < -0.3 is 4.74 Å². The highest BCUT2D eigenvalue weighted by Crippen LogP contribution is 2.41. The molecule has 2 aliphatic heterocycles. The Kier molecular flexibility index (Phi) is 6.92. The Morgan fingerprint density at radius 2 is 1.86 bits per heavy atom. The standard InChI is InChI=1S/C27H25Cl2FN4O2S/c28-20-6-9-24(23(29)11-20)34-25-19(10-16-4-7-21(30)8-5-16)14-37-15-22(25)26(31-34)36-27(35)32-33-12-17-2-1-3-18(17)13-33/h4-11,17-18H,1-3,12-15H2,(H,32,35)/b19-10+. The topological polar surface area (TPSA) is 59.4 Å². The van der Waals surface area contributed by atoms with Crippen molar-refractivity contribution >= 4 is 52.7 Å². The summed E-state index contributed by atoms with van der Waals surface area (Å²) in [5, 5.41) is 7.61. The van der Waals surface area contributed by atoms with Gasteiger partial charge in [0.2, 0.25) is 5.88 Å². The van der Waals surface area contributed by atoms with E-state index in [2.05, 4.69) is 5.43 Å². The molecule has 1 N–H and O–H groups in total.